The van der Waals surface area contributed by atoms with E-state index in [1.54, 1.807) is 6.92 Å². The molecule has 0 heterocycles. The number of allylic oxidation sites excluding steroid dienone is 2. The van der Waals surface area contributed by atoms with Crippen molar-refractivity contribution in [2.45, 2.75) is 13.8 Å². The standard InChI is InChI=1S/C9H12O3/c1-5-7(4)9(11)12-8(10)6(2)3/h5,11H,1-2H2,3-4H3/b9-7-. The zero-order valence-electron chi connectivity index (χ0n) is 7.26. The molecule has 3 heteroatoms. The van der Waals surface area contributed by atoms with E-state index in [1.807, 2.05) is 0 Å². The summed E-state index contributed by atoms with van der Waals surface area (Å²) >= 11 is 0. The van der Waals surface area contributed by atoms with E-state index < -0.39 is 11.9 Å². The van der Waals surface area contributed by atoms with Crippen LogP contribution in [0, 0.1) is 0 Å². The number of aliphatic hydroxyl groups is 1. The van der Waals surface area contributed by atoms with Gasteiger partial charge in [0.15, 0.2) is 0 Å². The summed E-state index contributed by atoms with van der Waals surface area (Å²) in [6, 6.07) is 0. The Kier molecular flexibility index (Phi) is 3.83. The van der Waals surface area contributed by atoms with Crippen LogP contribution in [0.4, 0.5) is 0 Å². The molecule has 0 aliphatic heterocycles. The third-order valence-corrected chi connectivity index (χ3v) is 1.18. The summed E-state index contributed by atoms with van der Waals surface area (Å²) in [5.74, 6) is -1.08. The number of aliphatic hydroxyl groups excluding tert-OH is 1. The Bertz CT molecular complexity index is 248. The van der Waals surface area contributed by atoms with E-state index in [0.717, 1.165) is 0 Å². The molecule has 0 amide bonds. The SMILES string of the molecule is C=C/C(C)=C(/O)OC(=O)C(=C)C. The number of hydrogen-bond donors (Lipinski definition) is 1. The molecule has 0 saturated carbocycles. The lowest BCUT2D eigenvalue weighted by Crippen LogP contribution is -2.05. The van der Waals surface area contributed by atoms with Crippen molar-refractivity contribution in [3.8, 4) is 0 Å². The Morgan fingerprint density at radius 2 is 2.00 bits per heavy atom. The van der Waals surface area contributed by atoms with Gasteiger partial charge in [-0.3, -0.25) is 0 Å². The summed E-state index contributed by atoms with van der Waals surface area (Å²) in [6.07, 6.45) is 1.39. The quantitative estimate of drug-likeness (QED) is 0.304. The van der Waals surface area contributed by atoms with Crippen LogP contribution in [0.2, 0.25) is 0 Å². The van der Waals surface area contributed by atoms with Crippen molar-refractivity contribution >= 4 is 5.97 Å². The van der Waals surface area contributed by atoms with E-state index in [2.05, 4.69) is 17.9 Å². The number of carbonyl (C=O) groups excluding carboxylic acids is 1. The summed E-state index contributed by atoms with van der Waals surface area (Å²) < 4.78 is 4.49. The Hall–Kier alpha value is -1.51. The highest BCUT2D eigenvalue weighted by molar-refractivity contribution is 5.87. The van der Waals surface area contributed by atoms with Gasteiger partial charge in [0.25, 0.3) is 5.95 Å². The van der Waals surface area contributed by atoms with E-state index in [9.17, 15) is 4.79 Å². The van der Waals surface area contributed by atoms with E-state index in [4.69, 9.17) is 5.11 Å². The number of hydrogen-bond acceptors (Lipinski definition) is 3. The predicted molar refractivity (Wildman–Crippen MR) is 46.4 cm³/mol. The molecular formula is C9H12O3. The second kappa shape index (κ2) is 4.38. The van der Waals surface area contributed by atoms with E-state index in [-0.39, 0.29) is 5.57 Å². The molecule has 0 aliphatic carbocycles. The average molecular weight is 168 g/mol. The van der Waals surface area contributed by atoms with Crippen LogP contribution in [0.15, 0.2) is 36.3 Å². The van der Waals surface area contributed by atoms with Crippen molar-refractivity contribution in [1.82, 2.24) is 0 Å². The fourth-order valence-corrected chi connectivity index (χ4v) is 0.343. The fraction of sp³-hybridized carbons (Fsp3) is 0.222. The van der Waals surface area contributed by atoms with E-state index in [0.29, 0.717) is 5.57 Å². The van der Waals surface area contributed by atoms with Crippen molar-refractivity contribution < 1.29 is 14.6 Å². The maximum absolute atomic E-state index is 10.8. The second-order valence-corrected chi connectivity index (χ2v) is 2.36. The lowest BCUT2D eigenvalue weighted by molar-refractivity contribution is -0.138. The van der Waals surface area contributed by atoms with Crippen LogP contribution >= 0.6 is 0 Å². The van der Waals surface area contributed by atoms with E-state index in [1.165, 1.54) is 13.0 Å². The van der Waals surface area contributed by atoms with Gasteiger partial charge in [0.1, 0.15) is 0 Å². The van der Waals surface area contributed by atoms with Crippen LogP contribution < -0.4 is 0 Å². The molecule has 0 aliphatic rings. The first kappa shape index (κ1) is 10.5. The van der Waals surface area contributed by atoms with Gasteiger partial charge in [-0.2, -0.15) is 0 Å². The van der Waals surface area contributed by atoms with Crippen molar-refractivity contribution in [3.63, 3.8) is 0 Å². The van der Waals surface area contributed by atoms with Crippen molar-refractivity contribution in [3.05, 3.63) is 36.3 Å². The minimum Gasteiger partial charge on any atom is -0.480 e. The summed E-state index contributed by atoms with van der Waals surface area (Å²) in [6.45, 7) is 9.84. The third kappa shape index (κ3) is 3.05. The van der Waals surface area contributed by atoms with Crippen LogP contribution in [0.1, 0.15) is 13.8 Å². The summed E-state index contributed by atoms with van der Waals surface area (Å²) in [4.78, 5) is 10.8. The van der Waals surface area contributed by atoms with Gasteiger partial charge in [-0.05, 0) is 13.8 Å². The number of ether oxygens (including phenoxy) is 1. The van der Waals surface area contributed by atoms with Crippen molar-refractivity contribution in [2.24, 2.45) is 0 Å². The van der Waals surface area contributed by atoms with Gasteiger partial charge in [-0.15, -0.1) is 0 Å². The normalized spacial score (nSPS) is 11.5. The minimum absolute atomic E-state index is 0.235. The van der Waals surface area contributed by atoms with Gasteiger partial charge in [0, 0.05) is 11.1 Å². The van der Waals surface area contributed by atoms with Gasteiger partial charge in [0.2, 0.25) is 0 Å². The first-order valence-electron chi connectivity index (χ1n) is 3.39. The maximum Gasteiger partial charge on any atom is 0.340 e. The summed E-state index contributed by atoms with van der Waals surface area (Å²) in [5.41, 5.74) is 0.642. The molecule has 12 heavy (non-hydrogen) atoms. The molecule has 0 atom stereocenters. The average Bonchev–Trinajstić information content (AvgIpc) is 2.02. The molecule has 0 saturated heterocycles. The highest BCUT2D eigenvalue weighted by Crippen LogP contribution is 2.05. The lowest BCUT2D eigenvalue weighted by Gasteiger charge is -2.02. The van der Waals surface area contributed by atoms with Gasteiger partial charge in [0.05, 0.1) is 0 Å². The van der Waals surface area contributed by atoms with Crippen LogP contribution in [0.3, 0.4) is 0 Å². The molecule has 0 unspecified atom stereocenters. The fourth-order valence-electron chi connectivity index (χ4n) is 0.343. The Morgan fingerprint density at radius 1 is 1.50 bits per heavy atom. The molecule has 0 radical (unpaired) electrons. The maximum atomic E-state index is 10.8. The van der Waals surface area contributed by atoms with Gasteiger partial charge < -0.3 is 9.84 Å². The molecule has 0 rings (SSSR count). The van der Waals surface area contributed by atoms with Crippen LogP contribution in [0.5, 0.6) is 0 Å². The van der Waals surface area contributed by atoms with Gasteiger partial charge in [-0.25, -0.2) is 4.79 Å². The van der Waals surface area contributed by atoms with Crippen LogP contribution in [-0.2, 0) is 9.53 Å². The number of carbonyl (C=O) groups is 1. The Labute approximate surface area is 71.7 Å². The molecule has 0 aromatic heterocycles. The molecule has 0 fully saturated rings. The first-order valence-corrected chi connectivity index (χ1v) is 3.39. The Balaban J connectivity index is 4.37. The first-order chi connectivity index (χ1) is 5.49. The molecule has 3 nitrogen and oxygen atoms in total. The van der Waals surface area contributed by atoms with Gasteiger partial charge in [-0.1, -0.05) is 19.2 Å². The van der Waals surface area contributed by atoms with Crippen molar-refractivity contribution in [1.29, 1.82) is 0 Å². The number of rotatable bonds is 3. The zero-order valence-corrected chi connectivity index (χ0v) is 7.26. The Morgan fingerprint density at radius 3 is 2.33 bits per heavy atom. The van der Waals surface area contributed by atoms with Gasteiger partial charge >= 0.3 is 5.97 Å². The molecule has 0 bridgehead atoms. The molecule has 0 spiro atoms. The molecule has 66 valence electrons. The van der Waals surface area contributed by atoms with E-state index >= 15 is 0 Å². The monoisotopic (exact) mass is 168 g/mol. The summed E-state index contributed by atoms with van der Waals surface area (Å²) in [5, 5.41) is 9.06. The second-order valence-electron chi connectivity index (χ2n) is 2.36. The highest BCUT2D eigenvalue weighted by Gasteiger charge is 2.07. The smallest absolute Gasteiger partial charge is 0.340 e. The minimum atomic E-state index is -0.645. The lowest BCUT2D eigenvalue weighted by atomic mass is 10.3. The summed E-state index contributed by atoms with van der Waals surface area (Å²) in [7, 11) is 0. The third-order valence-electron chi connectivity index (χ3n) is 1.18. The van der Waals surface area contributed by atoms with Crippen LogP contribution in [0.25, 0.3) is 0 Å². The zero-order chi connectivity index (χ0) is 9.72. The van der Waals surface area contributed by atoms with Crippen LogP contribution in [-0.4, -0.2) is 11.1 Å². The molecule has 0 aromatic carbocycles. The van der Waals surface area contributed by atoms with Crippen molar-refractivity contribution in [2.75, 3.05) is 0 Å². The molecular weight excluding hydrogens is 156 g/mol. The number of esters is 1. The highest BCUT2D eigenvalue weighted by atomic mass is 16.6. The topological polar surface area (TPSA) is 46.5 Å². The molecule has 1 N–H and O–H groups in total. The molecule has 0 aromatic rings. The predicted octanol–water partition coefficient (Wildman–Crippen LogP) is 2.08. The largest absolute Gasteiger partial charge is 0.480 e.